The van der Waals surface area contributed by atoms with Crippen LogP contribution < -0.4 is 0 Å². The lowest BCUT2D eigenvalue weighted by molar-refractivity contribution is -0.165. The van der Waals surface area contributed by atoms with E-state index in [1.807, 2.05) is 87.1 Å². The van der Waals surface area contributed by atoms with Gasteiger partial charge in [0.1, 0.15) is 81.6 Å². The maximum absolute atomic E-state index is 15.7. The quantitative estimate of drug-likeness (QED) is 0.0137. The summed E-state index contributed by atoms with van der Waals surface area (Å²) in [7, 11) is 6.06. The number of methoxy groups -OCH3 is 4. The van der Waals surface area contributed by atoms with Gasteiger partial charge < -0.3 is 95.4 Å². The van der Waals surface area contributed by atoms with Gasteiger partial charge in [-0.2, -0.15) is 10.5 Å². The smallest absolute Gasteiger partial charge is 0.349 e. The number of nitriles is 2. The van der Waals surface area contributed by atoms with Crippen molar-refractivity contribution in [3.8, 4) is 12.1 Å². The number of rotatable bonds is 44. The van der Waals surface area contributed by atoms with Gasteiger partial charge in [0, 0.05) is 104 Å². The van der Waals surface area contributed by atoms with Gasteiger partial charge in [-0.3, -0.25) is 9.59 Å². The fourth-order valence-corrected chi connectivity index (χ4v) is 16.6. The fourth-order valence-electron chi connectivity index (χ4n) is 16.6. The molecule has 32 nitrogen and oxygen atoms in total. The van der Waals surface area contributed by atoms with Gasteiger partial charge in [-0.15, -0.1) is 0 Å². The van der Waals surface area contributed by atoms with Crippen molar-refractivity contribution >= 4 is 47.8 Å². The predicted molar refractivity (Wildman–Crippen MR) is 437 cm³/mol. The summed E-state index contributed by atoms with van der Waals surface area (Å²) in [6.07, 6.45) is 7.39. The first-order valence-corrected chi connectivity index (χ1v) is 42.0. The Kier molecular flexibility index (Phi) is 37.4. The zero-order valence-electron chi connectivity index (χ0n) is 73.0. The van der Waals surface area contributed by atoms with Crippen LogP contribution in [0.25, 0.3) is 9.69 Å². The Morgan fingerprint density at radius 3 is 0.760 bits per heavy atom. The monoisotopic (exact) mass is 1690 g/mol. The summed E-state index contributed by atoms with van der Waals surface area (Å²) < 4.78 is 92.0. The number of esters is 8. The number of likely N-dealkylation sites (tertiary alicyclic amines) is 4. The molecule has 0 amide bonds. The van der Waals surface area contributed by atoms with E-state index >= 15 is 19.2 Å². The summed E-state index contributed by atoms with van der Waals surface area (Å²) in [6, 6.07) is 4.04. The minimum Gasteiger partial charge on any atom is -0.470 e. The summed E-state index contributed by atoms with van der Waals surface area (Å²) in [4.78, 5) is 138. The van der Waals surface area contributed by atoms with Gasteiger partial charge in [0.05, 0.1) is 115 Å². The standard InChI is InChI=1S/C89H124N8O24/c1-85(2)47-61(71(67(51-85)94-23-15-16-24-94)79(100)114-43-39-110-35-31-106-11)65(55-90)77(98)118-57-89(58-119-78(99)66(56-91)62-48-86(3,4)52-68(95-25-17-18-26-95)72(62)80(101)115-44-40-111-36-32-107-12,59-120-83(104)75(92-9)63-49-87(5,6)53-69(96-27-19-20-28-96)73(63)81(102)116-45-41-112-37-33-108-13)60-121-84(105)76(93-10)64-50-88(7,8)54-70(97-29-21-22-30-97)74(64)82(103)117-46-42-113-38-34-109-14/h15-54,57-60H2,1-8,11-14H3/b65-61+,66-62+,75-63-,76-64+. The van der Waals surface area contributed by atoms with Crippen LogP contribution in [0, 0.1) is 62.9 Å². The third-order valence-electron chi connectivity index (χ3n) is 22.4. The van der Waals surface area contributed by atoms with Gasteiger partial charge in [-0.1, -0.05) is 55.4 Å². The van der Waals surface area contributed by atoms with Crippen LogP contribution in [0.4, 0.5) is 0 Å². The van der Waals surface area contributed by atoms with Crippen molar-refractivity contribution < 1.29 is 114 Å². The third-order valence-corrected chi connectivity index (χ3v) is 22.4. The normalized spacial score (nSPS) is 20.6. The van der Waals surface area contributed by atoms with Crippen molar-refractivity contribution in [3.63, 3.8) is 0 Å². The SMILES string of the molecule is [C-]#[N+]/C(C(=O)OCC(COC(=O)/C(C#N)=C1\CC(C)(C)CC(N2CCCC2)=C1C(=O)OCCOCCOC)(COC(=O)/C(C#N)=C1\CC(C)(C)CC(N2CCCC2)=C1C(=O)OCCOCCOC)COC(=O)/C([N+]#[C-])=C1/CC(C)(C)CC(N2CCCC2)=C1C(=O)OCCOCCOC)=C1/CC(C)(C)CC(N2CCCC2)=C1C(=O)OCCOCCOC. The molecule has 0 aromatic carbocycles. The number of hydrogen-bond acceptors (Lipinski definition) is 30. The van der Waals surface area contributed by atoms with E-state index in [2.05, 4.69) is 9.69 Å². The maximum Gasteiger partial charge on any atom is 0.349 e. The number of nitrogens with zero attached hydrogens (tertiary/aromatic N) is 8. The summed E-state index contributed by atoms with van der Waals surface area (Å²) in [5, 5.41) is 23.0. The van der Waals surface area contributed by atoms with E-state index in [1.54, 1.807) is 0 Å². The lowest BCUT2D eigenvalue weighted by Gasteiger charge is -2.39. The molecule has 4 aliphatic carbocycles. The highest BCUT2D eigenvalue weighted by molar-refractivity contribution is 6.04. The van der Waals surface area contributed by atoms with Gasteiger partial charge in [-0.05, 0) is 147 Å². The van der Waals surface area contributed by atoms with Crippen molar-refractivity contribution in [3.05, 3.63) is 113 Å². The highest BCUT2D eigenvalue weighted by Gasteiger charge is 2.48. The minimum absolute atomic E-state index is 0.0183. The molecule has 0 spiro atoms. The van der Waals surface area contributed by atoms with E-state index in [0.29, 0.717) is 101 Å². The Bertz CT molecular complexity index is 3630. The molecule has 4 saturated heterocycles. The topological polar surface area (TPSA) is 354 Å². The first kappa shape index (κ1) is 97.0. The Hall–Kier alpha value is -9.48. The van der Waals surface area contributed by atoms with E-state index in [-0.39, 0.29) is 176 Å². The van der Waals surface area contributed by atoms with Crippen molar-refractivity contribution in [1.29, 1.82) is 10.5 Å². The number of ether oxygens (including phenoxy) is 16. The molecule has 664 valence electrons. The molecule has 4 aliphatic heterocycles. The lowest BCUT2D eigenvalue weighted by Crippen LogP contribution is -2.44. The van der Waals surface area contributed by atoms with Crippen LogP contribution in [0.1, 0.15) is 158 Å². The van der Waals surface area contributed by atoms with Gasteiger partial charge in [0.25, 0.3) is 11.4 Å². The van der Waals surface area contributed by atoms with E-state index in [4.69, 9.17) is 88.9 Å². The van der Waals surface area contributed by atoms with E-state index in [9.17, 15) is 29.7 Å². The fraction of sp³-hybridized carbons (Fsp3) is 0.685. The Morgan fingerprint density at radius 1 is 0.322 bits per heavy atom. The van der Waals surface area contributed by atoms with Gasteiger partial charge in [0.2, 0.25) is 0 Å². The molecule has 121 heavy (non-hydrogen) atoms. The van der Waals surface area contributed by atoms with Crippen molar-refractivity contribution in [2.45, 2.75) is 158 Å². The molecular weight excluding hydrogens is 1570 g/mol. The molecule has 0 aromatic heterocycles. The lowest BCUT2D eigenvalue weighted by atomic mass is 9.72. The highest BCUT2D eigenvalue weighted by atomic mass is 16.6. The molecule has 0 radical (unpaired) electrons. The molecular formula is C89H124N8O24. The third kappa shape index (κ3) is 27.3. The molecule has 0 atom stereocenters. The van der Waals surface area contributed by atoms with Crippen LogP contribution in [0.15, 0.2) is 89.9 Å². The van der Waals surface area contributed by atoms with Crippen molar-refractivity contribution in [2.24, 2.45) is 27.1 Å². The number of carbonyl (C=O) groups is 8. The predicted octanol–water partition coefficient (Wildman–Crippen LogP) is 9.64. The van der Waals surface area contributed by atoms with Gasteiger partial charge in [-0.25, -0.2) is 38.5 Å². The number of allylic oxidation sites excluding steroid dienone is 4. The average Bonchev–Trinajstić information content (AvgIpc) is 1.59. The molecule has 4 fully saturated rings. The van der Waals surface area contributed by atoms with E-state index in [0.717, 1.165) is 51.4 Å². The summed E-state index contributed by atoms with van der Waals surface area (Å²) in [6.45, 7) is 33.8. The Labute approximate surface area is 711 Å². The molecule has 0 unspecified atom stereocenters. The molecule has 0 aromatic rings. The molecule has 8 aliphatic rings. The Balaban J connectivity index is 1.34. The zero-order valence-corrected chi connectivity index (χ0v) is 73.0. The van der Waals surface area contributed by atoms with Crippen LogP contribution in [0.5, 0.6) is 0 Å². The van der Waals surface area contributed by atoms with E-state index in [1.165, 1.54) is 28.4 Å². The largest absolute Gasteiger partial charge is 0.470 e. The van der Waals surface area contributed by atoms with Crippen LogP contribution in [0.2, 0.25) is 0 Å². The molecule has 32 heteroatoms. The second-order valence-corrected chi connectivity index (χ2v) is 34.7. The molecule has 8 rings (SSSR count). The average molecular weight is 1690 g/mol. The van der Waals surface area contributed by atoms with Gasteiger partial charge >= 0.3 is 47.8 Å². The summed E-state index contributed by atoms with van der Waals surface area (Å²) in [5.41, 5.74) is -6.14. The van der Waals surface area contributed by atoms with Crippen LogP contribution in [-0.4, -0.2) is 280 Å². The van der Waals surface area contributed by atoms with E-state index < -0.39 is 124 Å². The first-order valence-electron chi connectivity index (χ1n) is 42.0. The van der Waals surface area contributed by atoms with Crippen molar-refractivity contribution in [2.75, 3.05) is 213 Å². The summed E-state index contributed by atoms with van der Waals surface area (Å²) in [5.74, 6) is -8.87. The zero-order chi connectivity index (χ0) is 87.9. The maximum atomic E-state index is 15.7. The van der Waals surface area contributed by atoms with Crippen LogP contribution >= 0.6 is 0 Å². The molecule has 0 N–H and O–H groups in total. The van der Waals surface area contributed by atoms with Crippen molar-refractivity contribution in [1.82, 2.24) is 19.6 Å². The molecule has 0 saturated carbocycles. The van der Waals surface area contributed by atoms with Crippen LogP contribution in [0.3, 0.4) is 0 Å². The van der Waals surface area contributed by atoms with Crippen LogP contribution in [-0.2, 0) is 114 Å². The second-order valence-electron chi connectivity index (χ2n) is 34.7. The second kappa shape index (κ2) is 46.7. The number of hydrogen-bond donors (Lipinski definition) is 0. The van der Waals surface area contributed by atoms with Gasteiger partial charge in [0.15, 0.2) is 0 Å². The molecule has 0 bridgehead atoms. The number of carbonyl (C=O) groups excluding carboxylic acids is 8. The first-order chi connectivity index (χ1) is 57.9. The summed E-state index contributed by atoms with van der Waals surface area (Å²) >= 11 is 0. The molecule has 4 heterocycles. The minimum atomic E-state index is -2.46. The highest BCUT2D eigenvalue weighted by Crippen LogP contribution is 2.51. The Morgan fingerprint density at radius 2 is 0.537 bits per heavy atom.